The molecule has 0 aliphatic heterocycles. The topological polar surface area (TPSA) is 67.0 Å². The van der Waals surface area contributed by atoms with Gasteiger partial charge in [0.2, 0.25) is 5.91 Å². The quantitative estimate of drug-likeness (QED) is 0.892. The SMILES string of the molecule is O=C(CCOc1ccc(Br)cc1)Nc1cn[nH]c1. The van der Waals surface area contributed by atoms with Crippen molar-refractivity contribution in [3.8, 4) is 5.75 Å². The van der Waals surface area contributed by atoms with Crippen LogP contribution in [0.2, 0.25) is 0 Å². The highest BCUT2D eigenvalue weighted by molar-refractivity contribution is 9.10. The zero-order valence-electron chi connectivity index (χ0n) is 9.52. The fourth-order valence-electron chi connectivity index (χ4n) is 1.34. The highest BCUT2D eigenvalue weighted by atomic mass is 79.9. The molecule has 0 fully saturated rings. The lowest BCUT2D eigenvalue weighted by Gasteiger charge is -2.06. The third kappa shape index (κ3) is 3.89. The summed E-state index contributed by atoms with van der Waals surface area (Å²) in [5.41, 5.74) is 0.656. The van der Waals surface area contributed by atoms with Gasteiger partial charge < -0.3 is 10.1 Å². The number of nitrogens with one attached hydrogen (secondary N) is 2. The molecule has 18 heavy (non-hydrogen) atoms. The summed E-state index contributed by atoms with van der Waals surface area (Å²) in [4.78, 5) is 11.5. The number of carbonyl (C=O) groups excluding carboxylic acids is 1. The molecule has 2 aromatic rings. The number of amides is 1. The molecule has 1 aromatic heterocycles. The van der Waals surface area contributed by atoms with E-state index >= 15 is 0 Å². The van der Waals surface area contributed by atoms with Gasteiger partial charge in [0.25, 0.3) is 0 Å². The molecule has 0 aliphatic carbocycles. The van der Waals surface area contributed by atoms with Crippen LogP contribution in [0.5, 0.6) is 5.75 Å². The zero-order valence-corrected chi connectivity index (χ0v) is 11.1. The Labute approximate surface area is 113 Å². The van der Waals surface area contributed by atoms with Crippen molar-refractivity contribution >= 4 is 27.5 Å². The molecule has 0 unspecified atom stereocenters. The molecule has 2 rings (SSSR count). The number of nitrogens with zero attached hydrogens (tertiary/aromatic N) is 1. The average molecular weight is 310 g/mol. The van der Waals surface area contributed by atoms with Crippen molar-refractivity contribution in [1.29, 1.82) is 0 Å². The molecule has 6 heteroatoms. The summed E-state index contributed by atoms with van der Waals surface area (Å²) in [6.07, 6.45) is 3.46. The van der Waals surface area contributed by atoms with Crippen LogP contribution >= 0.6 is 15.9 Å². The summed E-state index contributed by atoms with van der Waals surface area (Å²) < 4.78 is 6.44. The number of aromatic amines is 1. The minimum absolute atomic E-state index is 0.103. The Morgan fingerprint density at radius 3 is 2.83 bits per heavy atom. The van der Waals surface area contributed by atoms with Crippen molar-refractivity contribution < 1.29 is 9.53 Å². The van der Waals surface area contributed by atoms with E-state index in [0.29, 0.717) is 18.7 Å². The van der Waals surface area contributed by atoms with Crippen molar-refractivity contribution in [3.05, 3.63) is 41.1 Å². The predicted molar refractivity (Wildman–Crippen MR) is 71.5 cm³/mol. The maximum absolute atomic E-state index is 11.5. The maximum Gasteiger partial charge on any atom is 0.227 e. The molecule has 0 aliphatic rings. The minimum atomic E-state index is -0.103. The van der Waals surface area contributed by atoms with Crippen LogP contribution in [0, 0.1) is 0 Å². The highest BCUT2D eigenvalue weighted by Crippen LogP contribution is 2.16. The largest absolute Gasteiger partial charge is 0.493 e. The van der Waals surface area contributed by atoms with Crippen molar-refractivity contribution in [3.63, 3.8) is 0 Å². The van der Waals surface area contributed by atoms with Gasteiger partial charge in [-0.3, -0.25) is 9.89 Å². The average Bonchev–Trinajstić information content (AvgIpc) is 2.84. The summed E-state index contributed by atoms with van der Waals surface area (Å²) in [5, 5.41) is 9.05. The van der Waals surface area contributed by atoms with Gasteiger partial charge in [-0.25, -0.2) is 0 Å². The Morgan fingerprint density at radius 2 is 2.17 bits per heavy atom. The van der Waals surface area contributed by atoms with Crippen molar-refractivity contribution in [1.82, 2.24) is 10.2 Å². The zero-order chi connectivity index (χ0) is 12.8. The molecular weight excluding hydrogens is 298 g/mol. The van der Waals surface area contributed by atoms with Crippen LogP contribution in [-0.2, 0) is 4.79 Å². The fraction of sp³-hybridized carbons (Fsp3) is 0.167. The number of hydrogen-bond donors (Lipinski definition) is 2. The second-order valence-electron chi connectivity index (χ2n) is 3.59. The number of carbonyl (C=O) groups is 1. The smallest absolute Gasteiger partial charge is 0.227 e. The first-order chi connectivity index (χ1) is 8.74. The Kier molecular flexibility index (Phi) is 4.35. The van der Waals surface area contributed by atoms with Gasteiger partial charge in [-0.1, -0.05) is 15.9 Å². The Hall–Kier alpha value is -1.82. The van der Waals surface area contributed by atoms with E-state index in [2.05, 4.69) is 31.4 Å². The van der Waals surface area contributed by atoms with Crippen LogP contribution in [0.1, 0.15) is 6.42 Å². The van der Waals surface area contributed by atoms with Crippen LogP contribution in [0.4, 0.5) is 5.69 Å². The molecule has 0 radical (unpaired) electrons. The maximum atomic E-state index is 11.5. The third-order valence-electron chi connectivity index (χ3n) is 2.19. The lowest BCUT2D eigenvalue weighted by molar-refractivity contribution is -0.116. The number of H-pyrrole nitrogens is 1. The van der Waals surface area contributed by atoms with Crippen LogP contribution in [0.15, 0.2) is 41.1 Å². The van der Waals surface area contributed by atoms with E-state index < -0.39 is 0 Å². The lowest BCUT2D eigenvalue weighted by Crippen LogP contribution is -2.14. The molecular formula is C12H12BrN3O2. The van der Waals surface area contributed by atoms with Crippen LogP contribution in [0.3, 0.4) is 0 Å². The van der Waals surface area contributed by atoms with E-state index in [9.17, 15) is 4.79 Å². The number of aromatic nitrogens is 2. The van der Waals surface area contributed by atoms with Gasteiger partial charge in [-0.05, 0) is 24.3 Å². The van der Waals surface area contributed by atoms with Gasteiger partial charge in [-0.2, -0.15) is 5.10 Å². The first-order valence-corrected chi connectivity index (χ1v) is 6.20. The van der Waals surface area contributed by atoms with E-state index in [1.165, 1.54) is 0 Å². The minimum Gasteiger partial charge on any atom is -0.493 e. The van der Waals surface area contributed by atoms with Gasteiger partial charge in [0.15, 0.2) is 0 Å². The van der Waals surface area contributed by atoms with Gasteiger partial charge >= 0.3 is 0 Å². The molecule has 0 atom stereocenters. The molecule has 0 saturated heterocycles. The summed E-state index contributed by atoms with van der Waals surface area (Å²) in [6.45, 7) is 0.339. The first kappa shape index (κ1) is 12.6. The van der Waals surface area contributed by atoms with Gasteiger partial charge in [0, 0.05) is 10.7 Å². The van der Waals surface area contributed by atoms with E-state index in [4.69, 9.17) is 4.74 Å². The molecule has 0 spiro atoms. The number of ether oxygens (including phenoxy) is 1. The van der Waals surface area contributed by atoms with Crippen molar-refractivity contribution in [2.75, 3.05) is 11.9 Å². The third-order valence-corrected chi connectivity index (χ3v) is 2.72. The molecule has 1 heterocycles. The Balaban J connectivity index is 1.72. The number of halogens is 1. The van der Waals surface area contributed by atoms with E-state index in [1.807, 2.05) is 24.3 Å². The molecule has 5 nitrogen and oxygen atoms in total. The molecule has 0 bridgehead atoms. The Morgan fingerprint density at radius 1 is 1.39 bits per heavy atom. The number of hydrogen-bond acceptors (Lipinski definition) is 3. The van der Waals surface area contributed by atoms with Crippen LogP contribution < -0.4 is 10.1 Å². The summed E-state index contributed by atoms with van der Waals surface area (Å²) in [5.74, 6) is 0.642. The monoisotopic (exact) mass is 309 g/mol. The van der Waals surface area contributed by atoms with Crippen molar-refractivity contribution in [2.45, 2.75) is 6.42 Å². The Bertz CT molecular complexity index is 497. The molecule has 1 amide bonds. The van der Waals surface area contributed by atoms with Gasteiger partial charge in [0.1, 0.15) is 5.75 Å². The second kappa shape index (κ2) is 6.20. The lowest BCUT2D eigenvalue weighted by atomic mass is 10.3. The first-order valence-electron chi connectivity index (χ1n) is 5.41. The van der Waals surface area contributed by atoms with E-state index in [-0.39, 0.29) is 5.91 Å². The molecule has 94 valence electrons. The normalized spacial score (nSPS) is 10.1. The number of anilines is 1. The fourth-order valence-corrected chi connectivity index (χ4v) is 1.60. The number of benzene rings is 1. The van der Waals surface area contributed by atoms with Crippen molar-refractivity contribution in [2.24, 2.45) is 0 Å². The van der Waals surface area contributed by atoms with E-state index in [1.54, 1.807) is 12.4 Å². The summed E-state index contributed by atoms with van der Waals surface area (Å²) >= 11 is 3.34. The summed E-state index contributed by atoms with van der Waals surface area (Å²) in [7, 11) is 0. The molecule has 1 aromatic carbocycles. The molecule has 2 N–H and O–H groups in total. The van der Waals surface area contributed by atoms with E-state index in [0.717, 1.165) is 10.2 Å². The second-order valence-corrected chi connectivity index (χ2v) is 4.50. The van der Waals surface area contributed by atoms with Crippen LogP contribution in [-0.4, -0.2) is 22.7 Å². The molecule has 0 saturated carbocycles. The van der Waals surface area contributed by atoms with Gasteiger partial charge in [0.05, 0.1) is 24.9 Å². The standard InChI is InChI=1S/C12H12BrN3O2/c13-9-1-3-11(4-2-9)18-6-5-12(17)16-10-7-14-15-8-10/h1-4,7-8H,5-6H2,(H,14,15)(H,16,17). The predicted octanol–water partition coefficient (Wildman–Crippen LogP) is 2.58. The number of rotatable bonds is 5. The highest BCUT2D eigenvalue weighted by Gasteiger charge is 2.03. The van der Waals surface area contributed by atoms with Gasteiger partial charge in [-0.15, -0.1) is 0 Å². The van der Waals surface area contributed by atoms with Crippen LogP contribution in [0.25, 0.3) is 0 Å². The summed E-state index contributed by atoms with van der Waals surface area (Å²) in [6, 6.07) is 7.47.